The van der Waals surface area contributed by atoms with E-state index in [9.17, 15) is 9.90 Å². The summed E-state index contributed by atoms with van der Waals surface area (Å²) in [5.41, 5.74) is -0.738. The van der Waals surface area contributed by atoms with Gasteiger partial charge in [0.1, 0.15) is 5.54 Å². The van der Waals surface area contributed by atoms with Crippen LogP contribution in [0.15, 0.2) is 0 Å². The summed E-state index contributed by atoms with van der Waals surface area (Å²) >= 11 is 0. The van der Waals surface area contributed by atoms with Gasteiger partial charge < -0.3 is 15.3 Å². The Balaban J connectivity index is 2.79. The highest BCUT2D eigenvalue weighted by Crippen LogP contribution is 2.40. The zero-order valence-electron chi connectivity index (χ0n) is 14.3. The number of hydrogen-bond donors (Lipinski definition) is 2. The van der Waals surface area contributed by atoms with Crippen molar-refractivity contribution in [3.05, 3.63) is 0 Å². The highest BCUT2D eigenvalue weighted by molar-refractivity contribution is 5.80. The standard InChI is InChI=1S/C17H34N2O2/c1-5-11-18-17(16(20)21,15-9-10-15)13-19(8-4)12-14(6-2)7-3/h14-15,18H,5-13H2,1-4H3,(H,20,21). The third-order valence-corrected chi connectivity index (χ3v) is 4.94. The molecular formula is C17H34N2O2. The van der Waals surface area contributed by atoms with Gasteiger partial charge in [-0.3, -0.25) is 4.79 Å². The van der Waals surface area contributed by atoms with Crippen LogP contribution in [0.1, 0.15) is 59.8 Å². The molecule has 1 aliphatic carbocycles. The summed E-state index contributed by atoms with van der Waals surface area (Å²) in [7, 11) is 0. The lowest BCUT2D eigenvalue weighted by atomic mass is 9.91. The Kier molecular flexibility index (Phi) is 7.67. The fraction of sp³-hybridized carbons (Fsp3) is 0.941. The molecule has 0 bridgehead atoms. The Morgan fingerprint density at radius 2 is 1.90 bits per heavy atom. The molecule has 0 aliphatic heterocycles. The summed E-state index contributed by atoms with van der Waals surface area (Å²) in [6.07, 6.45) is 5.40. The van der Waals surface area contributed by atoms with Gasteiger partial charge >= 0.3 is 5.97 Å². The van der Waals surface area contributed by atoms with Crippen LogP contribution in [0.2, 0.25) is 0 Å². The van der Waals surface area contributed by atoms with Gasteiger partial charge in [0, 0.05) is 13.1 Å². The Bertz CT molecular complexity index is 314. The highest BCUT2D eigenvalue weighted by atomic mass is 16.4. The normalized spacial score (nSPS) is 18.2. The van der Waals surface area contributed by atoms with E-state index in [0.717, 1.165) is 38.9 Å². The molecule has 2 N–H and O–H groups in total. The molecule has 1 fully saturated rings. The lowest BCUT2D eigenvalue weighted by molar-refractivity contribution is -0.147. The minimum absolute atomic E-state index is 0.303. The molecule has 1 aliphatic rings. The van der Waals surface area contributed by atoms with Gasteiger partial charge in [-0.15, -0.1) is 0 Å². The molecule has 0 spiro atoms. The number of nitrogens with one attached hydrogen (secondary N) is 1. The van der Waals surface area contributed by atoms with Crippen molar-refractivity contribution >= 4 is 5.97 Å². The lowest BCUT2D eigenvalue weighted by Gasteiger charge is -2.37. The number of likely N-dealkylation sites (N-methyl/N-ethyl adjacent to an activating group) is 1. The first-order valence-electron chi connectivity index (χ1n) is 8.74. The topological polar surface area (TPSA) is 52.6 Å². The van der Waals surface area contributed by atoms with Crippen molar-refractivity contribution in [1.82, 2.24) is 10.2 Å². The van der Waals surface area contributed by atoms with E-state index in [4.69, 9.17) is 0 Å². The van der Waals surface area contributed by atoms with Gasteiger partial charge in [-0.25, -0.2) is 0 Å². The summed E-state index contributed by atoms with van der Waals surface area (Å²) in [6.45, 7) is 12.0. The maximum Gasteiger partial charge on any atom is 0.325 e. The van der Waals surface area contributed by atoms with Crippen LogP contribution in [0, 0.1) is 11.8 Å². The van der Waals surface area contributed by atoms with Gasteiger partial charge in [0.2, 0.25) is 0 Å². The van der Waals surface area contributed by atoms with E-state index in [2.05, 4.69) is 37.9 Å². The molecule has 4 nitrogen and oxygen atoms in total. The third-order valence-electron chi connectivity index (χ3n) is 4.94. The Morgan fingerprint density at radius 3 is 2.29 bits per heavy atom. The zero-order chi connectivity index (χ0) is 15.9. The minimum atomic E-state index is -0.738. The Hall–Kier alpha value is -0.610. The molecule has 21 heavy (non-hydrogen) atoms. The number of hydrogen-bond acceptors (Lipinski definition) is 3. The fourth-order valence-electron chi connectivity index (χ4n) is 3.14. The van der Waals surface area contributed by atoms with E-state index in [1.165, 1.54) is 12.8 Å². The van der Waals surface area contributed by atoms with Crippen LogP contribution in [0.3, 0.4) is 0 Å². The monoisotopic (exact) mass is 298 g/mol. The molecule has 124 valence electrons. The number of carbonyl (C=O) groups is 1. The quantitative estimate of drug-likeness (QED) is 0.581. The average molecular weight is 298 g/mol. The van der Waals surface area contributed by atoms with Crippen LogP contribution in [-0.4, -0.2) is 47.7 Å². The van der Waals surface area contributed by atoms with Gasteiger partial charge in [-0.05, 0) is 44.2 Å². The van der Waals surface area contributed by atoms with Crippen LogP contribution < -0.4 is 5.32 Å². The molecule has 0 aromatic rings. The van der Waals surface area contributed by atoms with Gasteiger partial charge in [0.05, 0.1) is 0 Å². The molecule has 0 aromatic carbocycles. The highest BCUT2D eigenvalue weighted by Gasteiger charge is 2.51. The van der Waals surface area contributed by atoms with Crippen molar-refractivity contribution in [2.45, 2.75) is 65.3 Å². The second kappa shape index (κ2) is 8.74. The summed E-state index contributed by atoms with van der Waals surface area (Å²) in [5.74, 6) is 0.306. The first-order valence-corrected chi connectivity index (χ1v) is 8.74. The van der Waals surface area contributed by atoms with Gasteiger partial charge in [-0.1, -0.05) is 40.5 Å². The Labute approximate surface area is 130 Å². The van der Waals surface area contributed by atoms with Crippen molar-refractivity contribution in [1.29, 1.82) is 0 Å². The number of nitrogens with zero attached hydrogens (tertiary/aromatic N) is 1. The molecule has 0 saturated heterocycles. The molecular weight excluding hydrogens is 264 g/mol. The molecule has 0 aromatic heterocycles. The van der Waals surface area contributed by atoms with E-state index in [-0.39, 0.29) is 0 Å². The molecule has 1 rings (SSSR count). The fourth-order valence-corrected chi connectivity index (χ4v) is 3.14. The summed E-state index contributed by atoms with van der Waals surface area (Å²) in [6, 6.07) is 0. The largest absolute Gasteiger partial charge is 0.480 e. The van der Waals surface area contributed by atoms with Crippen LogP contribution in [0.25, 0.3) is 0 Å². The molecule has 1 atom stereocenters. The predicted molar refractivity (Wildman–Crippen MR) is 87.6 cm³/mol. The van der Waals surface area contributed by atoms with Gasteiger partial charge in [-0.2, -0.15) is 0 Å². The van der Waals surface area contributed by atoms with E-state index >= 15 is 0 Å². The number of carboxylic acid groups (broad SMARTS) is 1. The van der Waals surface area contributed by atoms with Crippen molar-refractivity contribution in [2.24, 2.45) is 11.8 Å². The molecule has 0 heterocycles. The molecule has 0 radical (unpaired) electrons. The maximum absolute atomic E-state index is 12.0. The van der Waals surface area contributed by atoms with Crippen LogP contribution >= 0.6 is 0 Å². The lowest BCUT2D eigenvalue weighted by Crippen LogP contribution is -2.61. The van der Waals surface area contributed by atoms with E-state index < -0.39 is 11.5 Å². The Morgan fingerprint density at radius 1 is 1.29 bits per heavy atom. The summed E-state index contributed by atoms with van der Waals surface area (Å²) in [5, 5.41) is 13.2. The molecule has 0 amide bonds. The van der Waals surface area contributed by atoms with Gasteiger partial charge in [0.15, 0.2) is 0 Å². The van der Waals surface area contributed by atoms with Crippen LogP contribution in [0.5, 0.6) is 0 Å². The van der Waals surface area contributed by atoms with Crippen molar-refractivity contribution < 1.29 is 9.90 Å². The van der Waals surface area contributed by atoms with Crippen molar-refractivity contribution in [2.75, 3.05) is 26.2 Å². The number of carboxylic acids is 1. The third kappa shape index (κ3) is 4.96. The zero-order valence-corrected chi connectivity index (χ0v) is 14.3. The number of aliphatic carboxylic acids is 1. The first-order chi connectivity index (χ1) is 10.0. The molecule has 1 saturated carbocycles. The van der Waals surface area contributed by atoms with Crippen LogP contribution in [0.4, 0.5) is 0 Å². The second-order valence-corrected chi connectivity index (χ2v) is 6.49. The van der Waals surface area contributed by atoms with Gasteiger partial charge in [0.25, 0.3) is 0 Å². The predicted octanol–water partition coefficient (Wildman–Crippen LogP) is 2.98. The van der Waals surface area contributed by atoms with E-state index in [0.29, 0.717) is 18.4 Å². The second-order valence-electron chi connectivity index (χ2n) is 6.49. The maximum atomic E-state index is 12.0. The smallest absolute Gasteiger partial charge is 0.325 e. The summed E-state index contributed by atoms with van der Waals surface area (Å²) in [4.78, 5) is 14.3. The summed E-state index contributed by atoms with van der Waals surface area (Å²) < 4.78 is 0. The molecule has 4 heteroatoms. The number of rotatable bonds is 12. The van der Waals surface area contributed by atoms with E-state index in [1.54, 1.807) is 0 Å². The van der Waals surface area contributed by atoms with Crippen molar-refractivity contribution in [3.63, 3.8) is 0 Å². The first kappa shape index (κ1) is 18.4. The van der Waals surface area contributed by atoms with E-state index in [1.807, 2.05) is 0 Å². The van der Waals surface area contributed by atoms with Crippen molar-refractivity contribution in [3.8, 4) is 0 Å². The minimum Gasteiger partial charge on any atom is -0.480 e. The molecule has 1 unspecified atom stereocenters. The van der Waals surface area contributed by atoms with Crippen LogP contribution in [-0.2, 0) is 4.79 Å². The average Bonchev–Trinajstić information content (AvgIpc) is 3.31. The SMILES string of the molecule is CCCNC(CN(CC)CC(CC)CC)(C(=O)O)C1CC1.